The van der Waals surface area contributed by atoms with E-state index in [0.29, 0.717) is 12.8 Å². The van der Waals surface area contributed by atoms with E-state index in [0.717, 1.165) is 38.5 Å². The molecular weight excluding hydrogens is 502 g/mol. The minimum Gasteiger partial charge on any atom is -0.404 e. The Kier molecular flexibility index (Phi) is 18.5. The van der Waals surface area contributed by atoms with Crippen molar-refractivity contribution < 1.29 is 37.0 Å². The summed E-state index contributed by atoms with van der Waals surface area (Å²) in [6.07, 6.45) is 17.6. The van der Waals surface area contributed by atoms with Crippen molar-refractivity contribution >= 4 is 15.6 Å². The molecule has 0 radical (unpaired) electrons. The highest BCUT2D eigenvalue weighted by Crippen LogP contribution is 2.47. The van der Waals surface area contributed by atoms with E-state index in [1.807, 2.05) is 0 Å². The van der Waals surface area contributed by atoms with Crippen LogP contribution in [0.15, 0.2) is 24.3 Å². The van der Waals surface area contributed by atoms with Gasteiger partial charge in [-0.25, -0.2) is 9.13 Å². The van der Waals surface area contributed by atoms with Crippen LogP contribution in [-0.4, -0.2) is 23.0 Å². The lowest BCUT2D eigenvalue weighted by Crippen LogP contribution is -2.01. The molecule has 0 aliphatic rings. The van der Waals surface area contributed by atoms with Crippen molar-refractivity contribution in [3.63, 3.8) is 0 Å². The Balaban J connectivity index is 2.29. The largest absolute Gasteiger partial charge is 0.527 e. The molecule has 0 saturated carbocycles. The van der Waals surface area contributed by atoms with E-state index >= 15 is 0 Å². The fourth-order valence-electron chi connectivity index (χ4n) is 3.74. The highest BCUT2D eigenvalue weighted by Gasteiger charge is 2.25. The van der Waals surface area contributed by atoms with Crippen LogP contribution in [0.4, 0.5) is 0 Å². The Bertz CT molecular complexity index is 715. The average Bonchev–Trinajstić information content (AvgIpc) is 2.81. The minimum atomic E-state index is -4.31. The van der Waals surface area contributed by atoms with Crippen molar-refractivity contribution in [2.45, 2.75) is 117 Å². The van der Waals surface area contributed by atoms with Crippen LogP contribution >= 0.6 is 15.6 Å². The van der Waals surface area contributed by atoms with Crippen LogP contribution in [0.25, 0.3) is 0 Å². The summed E-state index contributed by atoms with van der Waals surface area (Å²) >= 11 is 0. The van der Waals surface area contributed by atoms with Crippen LogP contribution in [0.2, 0.25) is 0 Å². The van der Waals surface area contributed by atoms with Crippen molar-refractivity contribution in [1.82, 2.24) is 0 Å². The standard InChI is InChI=1S/C26H48O8P2/c1-3-5-7-9-11-13-15-17-22-31-35(27,28)33-25-20-19-21-26(24-25)34-36(29,30)32-23-18-16-14-12-10-8-6-4-2/h19-21,24H,3-18,22-23H2,1-2H3,(H,27,28)(H,29,30). The van der Waals surface area contributed by atoms with E-state index in [2.05, 4.69) is 13.8 Å². The molecule has 0 aromatic heterocycles. The molecule has 0 aliphatic carbocycles. The summed E-state index contributed by atoms with van der Waals surface area (Å²) in [5.41, 5.74) is 0. The number of phosphoric ester groups is 2. The monoisotopic (exact) mass is 550 g/mol. The molecule has 1 aromatic rings. The molecule has 2 atom stereocenters. The van der Waals surface area contributed by atoms with Gasteiger partial charge < -0.3 is 9.05 Å². The summed E-state index contributed by atoms with van der Waals surface area (Å²) in [4.78, 5) is 20.0. The third-order valence-electron chi connectivity index (χ3n) is 5.75. The lowest BCUT2D eigenvalue weighted by Gasteiger charge is -2.15. The quantitative estimate of drug-likeness (QED) is 0.0969. The van der Waals surface area contributed by atoms with Gasteiger partial charge in [-0.05, 0) is 25.0 Å². The molecule has 2 unspecified atom stereocenters. The van der Waals surface area contributed by atoms with Crippen LogP contribution in [0, 0.1) is 0 Å². The van der Waals surface area contributed by atoms with E-state index in [1.54, 1.807) is 0 Å². The second-order valence-electron chi connectivity index (χ2n) is 9.21. The summed E-state index contributed by atoms with van der Waals surface area (Å²) in [5, 5.41) is 0. The first-order valence-corrected chi connectivity index (χ1v) is 16.7. The Morgan fingerprint density at radius 1 is 0.583 bits per heavy atom. The highest BCUT2D eigenvalue weighted by atomic mass is 31.2. The van der Waals surface area contributed by atoms with Crippen molar-refractivity contribution in [3.05, 3.63) is 24.3 Å². The number of hydrogen-bond donors (Lipinski definition) is 2. The molecule has 0 fully saturated rings. The van der Waals surface area contributed by atoms with Crippen molar-refractivity contribution in [2.75, 3.05) is 13.2 Å². The Labute approximate surface area is 218 Å². The fourth-order valence-corrected chi connectivity index (χ4v) is 5.32. The lowest BCUT2D eigenvalue weighted by atomic mass is 10.1. The molecule has 2 N–H and O–H groups in total. The van der Waals surface area contributed by atoms with Gasteiger partial charge in [0.15, 0.2) is 0 Å². The maximum Gasteiger partial charge on any atom is 0.527 e. The topological polar surface area (TPSA) is 112 Å². The third-order valence-corrected chi connectivity index (χ3v) is 7.65. The molecule has 10 heteroatoms. The minimum absolute atomic E-state index is 0.00247. The Morgan fingerprint density at radius 2 is 0.917 bits per heavy atom. The van der Waals surface area contributed by atoms with Gasteiger partial charge in [-0.2, -0.15) is 0 Å². The summed E-state index contributed by atoms with van der Waals surface area (Å²) in [5.74, 6) is -0.00494. The number of rotatable bonds is 24. The molecule has 0 amide bonds. The predicted octanol–water partition coefficient (Wildman–Crippen LogP) is 8.96. The zero-order chi connectivity index (χ0) is 26.5. The average molecular weight is 551 g/mol. The molecule has 0 saturated heterocycles. The molecule has 36 heavy (non-hydrogen) atoms. The van der Waals surface area contributed by atoms with Crippen molar-refractivity contribution in [3.8, 4) is 11.5 Å². The molecule has 0 spiro atoms. The fraction of sp³-hybridized carbons (Fsp3) is 0.769. The normalized spacial score (nSPS) is 14.8. The van der Waals surface area contributed by atoms with E-state index in [-0.39, 0.29) is 24.7 Å². The van der Waals surface area contributed by atoms with Gasteiger partial charge in [0.1, 0.15) is 11.5 Å². The molecule has 0 aliphatic heterocycles. The SMILES string of the molecule is CCCCCCCCCCOP(=O)(O)Oc1cccc(OP(=O)(O)OCCCCCCCCCC)c1. The maximum absolute atomic E-state index is 12.2. The van der Waals surface area contributed by atoms with E-state index in [4.69, 9.17) is 18.1 Å². The van der Waals surface area contributed by atoms with E-state index in [9.17, 15) is 18.9 Å². The smallest absolute Gasteiger partial charge is 0.404 e. The van der Waals surface area contributed by atoms with Crippen LogP contribution in [0.5, 0.6) is 11.5 Å². The zero-order valence-corrected chi connectivity index (χ0v) is 24.1. The Hall–Kier alpha value is -0.880. The molecule has 0 bridgehead atoms. The molecular formula is C26H48O8P2. The first-order valence-electron chi connectivity index (χ1n) is 13.7. The van der Waals surface area contributed by atoms with Gasteiger partial charge in [0.05, 0.1) is 13.2 Å². The van der Waals surface area contributed by atoms with E-state index in [1.165, 1.54) is 75.6 Å². The molecule has 1 aromatic carbocycles. The highest BCUT2D eigenvalue weighted by molar-refractivity contribution is 7.48. The van der Waals surface area contributed by atoms with E-state index < -0.39 is 15.6 Å². The molecule has 0 heterocycles. The predicted molar refractivity (Wildman–Crippen MR) is 144 cm³/mol. The van der Waals surface area contributed by atoms with Crippen molar-refractivity contribution in [2.24, 2.45) is 0 Å². The van der Waals surface area contributed by atoms with Crippen LogP contribution in [-0.2, 0) is 18.2 Å². The first-order chi connectivity index (χ1) is 17.3. The molecule has 210 valence electrons. The summed E-state index contributed by atoms with van der Waals surface area (Å²) in [6.45, 7) is 4.62. The van der Waals surface area contributed by atoms with Gasteiger partial charge in [0, 0.05) is 6.07 Å². The van der Waals surface area contributed by atoms with Gasteiger partial charge in [0.2, 0.25) is 0 Å². The number of hydrogen-bond acceptors (Lipinski definition) is 6. The summed E-state index contributed by atoms with van der Waals surface area (Å²) in [7, 11) is -8.62. The van der Waals surface area contributed by atoms with Crippen LogP contribution in [0.1, 0.15) is 117 Å². The first kappa shape index (κ1) is 33.1. The Morgan fingerprint density at radius 3 is 1.28 bits per heavy atom. The zero-order valence-electron chi connectivity index (χ0n) is 22.3. The van der Waals surface area contributed by atoms with Crippen molar-refractivity contribution in [1.29, 1.82) is 0 Å². The maximum atomic E-state index is 12.2. The molecule has 8 nitrogen and oxygen atoms in total. The van der Waals surface area contributed by atoms with Crippen LogP contribution < -0.4 is 9.05 Å². The second-order valence-corrected chi connectivity index (χ2v) is 12.0. The van der Waals surface area contributed by atoms with Gasteiger partial charge in [-0.1, -0.05) is 110 Å². The number of unbranched alkanes of at least 4 members (excludes halogenated alkanes) is 14. The van der Waals surface area contributed by atoms with Gasteiger partial charge in [0.25, 0.3) is 0 Å². The third kappa shape index (κ3) is 18.4. The van der Waals surface area contributed by atoms with Gasteiger partial charge in [-0.3, -0.25) is 18.8 Å². The number of phosphoric acid groups is 2. The lowest BCUT2D eigenvalue weighted by molar-refractivity contribution is 0.198. The van der Waals surface area contributed by atoms with Gasteiger partial charge in [-0.15, -0.1) is 0 Å². The van der Waals surface area contributed by atoms with Crippen LogP contribution in [0.3, 0.4) is 0 Å². The second kappa shape index (κ2) is 20.1. The number of benzene rings is 1. The summed E-state index contributed by atoms with van der Waals surface area (Å²) < 4.78 is 44.7. The van der Waals surface area contributed by atoms with Gasteiger partial charge >= 0.3 is 15.6 Å². The molecule has 1 rings (SSSR count). The summed E-state index contributed by atoms with van der Waals surface area (Å²) in [6, 6.07) is 5.63.